The molecule has 0 spiro atoms. The van der Waals surface area contributed by atoms with Gasteiger partial charge in [-0.2, -0.15) is 0 Å². The third kappa shape index (κ3) is 3.13. The van der Waals surface area contributed by atoms with Crippen molar-refractivity contribution in [1.82, 2.24) is 5.32 Å². The van der Waals surface area contributed by atoms with Crippen LogP contribution in [0.15, 0.2) is 18.2 Å². The molecular formula is C12H15NO5. The first-order chi connectivity index (χ1) is 8.24. The van der Waals surface area contributed by atoms with Crippen molar-refractivity contribution in [2.45, 2.75) is 13.8 Å². The lowest BCUT2D eigenvalue weighted by molar-refractivity contribution is -0.146. The zero-order chi connectivity index (χ0) is 13.9. The quantitative estimate of drug-likeness (QED) is 0.597. The largest absolute Gasteiger partial charge is 0.504 e. The van der Waals surface area contributed by atoms with Gasteiger partial charge in [-0.3, -0.25) is 9.59 Å². The van der Waals surface area contributed by atoms with Gasteiger partial charge in [-0.25, -0.2) is 0 Å². The van der Waals surface area contributed by atoms with Gasteiger partial charge in [0.25, 0.3) is 5.91 Å². The van der Waals surface area contributed by atoms with E-state index in [1.54, 1.807) is 0 Å². The van der Waals surface area contributed by atoms with Crippen LogP contribution in [0.1, 0.15) is 24.2 Å². The Bertz CT molecular complexity index is 481. The molecule has 1 amide bonds. The molecule has 4 N–H and O–H groups in total. The van der Waals surface area contributed by atoms with Gasteiger partial charge >= 0.3 is 5.97 Å². The molecule has 6 heteroatoms. The molecule has 6 nitrogen and oxygen atoms in total. The number of rotatable bonds is 4. The second-order valence-corrected chi connectivity index (χ2v) is 4.58. The van der Waals surface area contributed by atoms with Gasteiger partial charge in [0, 0.05) is 12.1 Å². The molecule has 0 radical (unpaired) electrons. The summed E-state index contributed by atoms with van der Waals surface area (Å²) in [6.45, 7) is 2.94. The van der Waals surface area contributed by atoms with Gasteiger partial charge in [0.15, 0.2) is 11.5 Å². The molecule has 1 rings (SSSR count). The smallest absolute Gasteiger partial charge is 0.310 e. The highest BCUT2D eigenvalue weighted by Gasteiger charge is 2.27. The highest BCUT2D eigenvalue weighted by Crippen LogP contribution is 2.24. The van der Waals surface area contributed by atoms with Gasteiger partial charge in [-0.05, 0) is 32.0 Å². The summed E-state index contributed by atoms with van der Waals surface area (Å²) in [4.78, 5) is 22.5. The fourth-order valence-electron chi connectivity index (χ4n) is 1.14. The number of aromatic hydroxyl groups is 2. The summed E-state index contributed by atoms with van der Waals surface area (Å²) in [6.07, 6.45) is 0. The first kappa shape index (κ1) is 13.8. The topological polar surface area (TPSA) is 107 Å². The maximum Gasteiger partial charge on any atom is 0.310 e. The number of amides is 1. The summed E-state index contributed by atoms with van der Waals surface area (Å²) >= 11 is 0. The minimum Gasteiger partial charge on any atom is -0.504 e. The summed E-state index contributed by atoms with van der Waals surface area (Å²) in [7, 11) is 0. The van der Waals surface area contributed by atoms with Crippen molar-refractivity contribution >= 4 is 11.9 Å². The Morgan fingerprint density at radius 2 is 1.83 bits per heavy atom. The Labute approximate surface area is 104 Å². The van der Waals surface area contributed by atoms with Gasteiger partial charge in [-0.15, -0.1) is 0 Å². The first-order valence-electron chi connectivity index (χ1n) is 5.27. The lowest BCUT2D eigenvalue weighted by atomic mass is 9.94. The predicted octanol–water partition coefficient (Wildman–Crippen LogP) is 0.938. The highest BCUT2D eigenvalue weighted by atomic mass is 16.4. The third-order valence-electron chi connectivity index (χ3n) is 2.51. The van der Waals surface area contributed by atoms with E-state index in [1.165, 1.54) is 26.0 Å². The summed E-state index contributed by atoms with van der Waals surface area (Å²) < 4.78 is 0. The van der Waals surface area contributed by atoms with Crippen LogP contribution in [0.2, 0.25) is 0 Å². The lowest BCUT2D eigenvalue weighted by Crippen LogP contribution is -2.38. The molecule has 0 aliphatic heterocycles. The van der Waals surface area contributed by atoms with Gasteiger partial charge in [0.2, 0.25) is 0 Å². The number of carbonyl (C=O) groups excluding carboxylic acids is 1. The maximum absolute atomic E-state index is 11.7. The van der Waals surface area contributed by atoms with Crippen molar-refractivity contribution in [3.8, 4) is 11.5 Å². The van der Waals surface area contributed by atoms with Crippen LogP contribution in [-0.2, 0) is 4.79 Å². The molecule has 0 unspecified atom stereocenters. The highest BCUT2D eigenvalue weighted by molar-refractivity contribution is 5.95. The number of benzene rings is 1. The molecule has 0 fully saturated rings. The van der Waals surface area contributed by atoms with Crippen molar-refractivity contribution in [3.63, 3.8) is 0 Å². The zero-order valence-corrected chi connectivity index (χ0v) is 10.1. The Morgan fingerprint density at radius 3 is 2.33 bits per heavy atom. The standard InChI is InChI=1S/C12H15NO5/c1-12(2,11(17)18)6-13-10(16)7-3-4-8(14)9(15)5-7/h3-5,14-15H,6H2,1-2H3,(H,13,16)(H,17,18). The van der Waals surface area contributed by atoms with Crippen molar-refractivity contribution < 1.29 is 24.9 Å². The molecule has 98 valence electrons. The molecule has 1 aromatic rings. The van der Waals surface area contributed by atoms with Crippen LogP contribution >= 0.6 is 0 Å². The molecule has 0 atom stereocenters. The minimum absolute atomic E-state index is 0.0389. The van der Waals surface area contributed by atoms with E-state index in [-0.39, 0.29) is 17.9 Å². The number of carbonyl (C=O) groups is 2. The first-order valence-corrected chi connectivity index (χ1v) is 5.27. The third-order valence-corrected chi connectivity index (χ3v) is 2.51. The Balaban J connectivity index is 2.72. The van der Waals surface area contributed by atoms with E-state index in [4.69, 9.17) is 10.2 Å². The molecular weight excluding hydrogens is 238 g/mol. The lowest BCUT2D eigenvalue weighted by Gasteiger charge is -2.19. The van der Waals surface area contributed by atoms with Crippen molar-refractivity contribution in [3.05, 3.63) is 23.8 Å². The van der Waals surface area contributed by atoms with Crippen molar-refractivity contribution in [2.24, 2.45) is 5.41 Å². The van der Waals surface area contributed by atoms with E-state index in [0.29, 0.717) is 0 Å². The molecule has 0 saturated carbocycles. The van der Waals surface area contributed by atoms with E-state index in [2.05, 4.69) is 5.32 Å². The summed E-state index contributed by atoms with van der Waals surface area (Å²) in [5.74, 6) is -2.26. The average molecular weight is 253 g/mol. The van der Waals surface area contributed by atoms with Crippen LogP contribution in [0, 0.1) is 5.41 Å². The van der Waals surface area contributed by atoms with Crippen molar-refractivity contribution in [1.29, 1.82) is 0 Å². The molecule has 0 aliphatic rings. The number of hydrogen-bond donors (Lipinski definition) is 4. The van der Waals surface area contributed by atoms with Crippen LogP contribution in [0.25, 0.3) is 0 Å². The van der Waals surface area contributed by atoms with Crippen LogP contribution < -0.4 is 5.32 Å². The Morgan fingerprint density at radius 1 is 1.22 bits per heavy atom. The van der Waals surface area contributed by atoms with Gasteiger partial charge in [-0.1, -0.05) is 0 Å². The zero-order valence-electron chi connectivity index (χ0n) is 10.1. The van der Waals surface area contributed by atoms with E-state index >= 15 is 0 Å². The molecule has 0 heterocycles. The van der Waals surface area contributed by atoms with Gasteiger partial charge < -0.3 is 20.6 Å². The van der Waals surface area contributed by atoms with E-state index in [0.717, 1.165) is 6.07 Å². The number of phenolic OH excluding ortho intramolecular Hbond substituents is 2. The number of hydrogen-bond acceptors (Lipinski definition) is 4. The second kappa shape index (κ2) is 4.95. The fourth-order valence-corrected chi connectivity index (χ4v) is 1.14. The van der Waals surface area contributed by atoms with Crippen LogP contribution in [-0.4, -0.2) is 33.7 Å². The van der Waals surface area contributed by atoms with Crippen LogP contribution in [0.3, 0.4) is 0 Å². The number of carboxylic acid groups (broad SMARTS) is 1. The van der Waals surface area contributed by atoms with Gasteiger partial charge in [0.1, 0.15) is 0 Å². The van der Waals surface area contributed by atoms with E-state index in [1.807, 2.05) is 0 Å². The van der Waals surface area contributed by atoms with E-state index in [9.17, 15) is 14.7 Å². The number of phenols is 2. The number of nitrogens with one attached hydrogen (secondary N) is 1. The van der Waals surface area contributed by atoms with Gasteiger partial charge in [0.05, 0.1) is 5.41 Å². The Kier molecular flexibility index (Phi) is 3.80. The molecule has 0 aliphatic carbocycles. The molecule has 0 saturated heterocycles. The monoisotopic (exact) mass is 253 g/mol. The SMILES string of the molecule is CC(C)(CNC(=O)c1ccc(O)c(O)c1)C(=O)O. The average Bonchev–Trinajstić information content (AvgIpc) is 2.29. The van der Waals surface area contributed by atoms with Crippen LogP contribution in [0.5, 0.6) is 11.5 Å². The molecule has 0 aromatic heterocycles. The molecule has 0 bridgehead atoms. The summed E-state index contributed by atoms with van der Waals surface area (Å²) in [5, 5.41) is 29.7. The fraction of sp³-hybridized carbons (Fsp3) is 0.333. The number of carboxylic acids is 1. The minimum atomic E-state index is -1.07. The maximum atomic E-state index is 11.7. The van der Waals surface area contributed by atoms with E-state index < -0.39 is 23.0 Å². The molecule has 18 heavy (non-hydrogen) atoms. The molecule has 1 aromatic carbocycles. The second-order valence-electron chi connectivity index (χ2n) is 4.58. The Hall–Kier alpha value is -2.24. The van der Waals surface area contributed by atoms with Crippen molar-refractivity contribution in [2.75, 3.05) is 6.54 Å². The predicted molar refractivity (Wildman–Crippen MR) is 63.5 cm³/mol. The number of aliphatic carboxylic acids is 1. The normalized spacial score (nSPS) is 11.0. The summed E-state index contributed by atoms with van der Waals surface area (Å²) in [5.41, 5.74) is -0.930. The van der Waals surface area contributed by atoms with Crippen LogP contribution in [0.4, 0.5) is 0 Å². The summed E-state index contributed by atoms with van der Waals surface area (Å²) in [6, 6.07) is 3.63.